The highest BCUT2D eigenvalue weighted by Gasteiger charge is 2.26. The van der Waals surface area contributed by atoms with E-state index < -0.39 is 17.7 Å². The Morgan fingerprint density at radius 3 is 1.96 bits per heavy atom. The highest BCUT2D eigenvalue weighted by atomic mass is 16.6. The van der Waals surface area contributed by atoms with Crippen LogP contribution in [0.15, 0.2) is 0 Å². The monoisotopic (exact) mass is 329 g/mol. The third-order valence-electron chi connectivity index (χ3n) is 2.90. The Bertz CT molecular complexity index is 403. The van der Waals surface area contributed by atoms with Crippen molar-refractivity contribution in [3.05, 3.63) is 0 Å². The zero-order valence-electron chi connectivity index (χ0n) is 15.1. The molecule has 0 aromatic heterocycles. The van der Waals surface area contributed by atoms with Gasteiger partial charge in [0.1, 0.15) is 11.6 Å². The Labute approximate surface area is 138 Å². The average molecular weight is 329 g/mol. The van der Waals surface area contributed by atoms with Gasteiger partial charge in [-0.2, -0.15) is 0 Å². The first kappa shape index (κ1) is 21.2. The molecule has 0 aliphatic rings. The molecule has 0 saturated heterocycles. The SMILES string of the molecule is CC(=O)NCCCCNC(=O)C(NC(=O)OC(C)(C)C)C(C)C. The van der Waals surface area contributed by atoms with E-state index in [0.29, 0.717) is 13.1 Å². The quantitative estimate of drug-likeness (QED) is 0.589. The number of ether oxygens (including phenoxy) is 1. The number of nitrogens with one attached hydrogen (secondary N) is 3. The van der Waals surface area contributed by atoms with Crippen LogP contribution in [0.1, 0.15) is 54.4 Å². The maximum absolute atomic E-state index is 12.2. The Balaban J connectivity index is 4.20. The summed E-state index contributed by atoms with van der Waals surface area (Å²) in [7, 11) is 0. The fourth-order valence-electron chi connectivity index (χ4n) is 1.81. The second-order valence-corrected chi connectivity index (χ2v) is 6.85. The molecule has 7 heteroatoms. The molecule has 0 aliphatic heterocycles. The fraction of sp³-hybridized carbons (Fsp3) is 0.812. The molecule has 134 valence electrons. The van der Waals surface area contributed by atoms with Crippen molar-refractivity contribution < 1.29 is 19.1 Å². The first-order chi connectivity index (χ1) is 10.5. The van der Waals surface area contributed by atoms with Crippen LogP contribution in [-0.4, -0.2) is 42.6 Å². The molecular formula is C16H31N3O4. The maximum Gasteiger partial charge on any atom is 0.408 e. The van der Waals surface area contributed by atoms with E-state index in [1.807, 2.05) is 13.8 Å². The van der Waals surface area contributed by atoms with Gasteiger partial charge in [0.2, 0.25) is 11.8 Å². The fourth-order valence-corrected chi connectivity index (χ4v) is 1.81. The number of rotatable bonds is 8. The summed E-state index contributed by atoms with van der Waals surface area (Å²) < 4.78 is 5.18. The van der Waals surface area contributed by atoms with E-state index >= 15 is 0 Å². The van der Waals surface area contributed by atoms with Crippen molar-refractivity contribution in [2.75, 3.05) is 13.1 Å². The molecule has 7 nitrogen and oxygen atoms in total. The van der Waals surface area contributed by atoms with E-state index in [9.17, 15) is 14.4 Å². The number of hydrogen-bond donors (Lipinski definition) is 3. The van der Waals surface area contributed by atoms with Gasteiger partial charge in [-0.1, -0.05) is 13.8 Å². The van der Waals surface area contributed by atoms with Gasteiger partial charge in [-0.25, -0.2) is 4.79 Å². The molecule has 0 spiro atoms. The maximum atomic E-state index is 12.2. The molecule has 0 aliphatic carbocycles. The molecule has 0 aromatic rings. The molecule has 0 saturated carbocycles. The van der Waals surface area contributed by atoms with Crippen molar-refractivity contribution in [1.82, 2.24) is 16.0 Å². The largest absolute Gasteiger partial charge is 0.444 e. The van der Waals surface area contributed by atoms with Crippen molar-refractivity contribution in [3.8, 4) is 0 Å². The molecule has 3 amide bonds. The van der Waals surface area contributed by atoms with Gasteiger partial charge in [0.05, 0.1) is 0 Å². The minimum atomic E-state index is -0.639. The van der Waals surface area contributed by atoms with Gasteiger partial charge in [0.25, 0.3) is 0 Å². The molecule has 1 unspecified atom stereocenters. The first-order valence-corrected chi connectivity index (χ1v) is 8.04. The third-order valence-corrected chi connectivity index (χ3v) is 2.90. The predicted octanol–water partition coefficient (Wildman–Crippen LogP) is 1.57. The van der Waals surface area contributed by atoms with Gasteiger partial charge in [0, 0.05) is 20.0 Å². The summed E-state index contributed by atoms with van der Waals surface area (Å²) in [6.45, 7) is 11.6. The van der Waals surface area contributed by atoms with Crippen molar-refractivity contribution in [2.24, 2.45) is 5.92 Å². The highest BCUT2D eigenvalue weighted by Crippen LogP contribution is 2.08. The Kier molecular flexibility index (Phi) is 9.29. The van der Waals surface area contributed by atoms with E-state index in [1.165, 1.54) is 6.92 Å². The summed E-state index contributed by atoms with van der Waals surface area (Å²) in [5, 5.41) is 8.11. The highest BCUT2D eigenvalue weighted by molar-refractivity contribution is 5.85. The molecular weight excluding hydrogens is 298 g/mol. The van der Waals surface area contributed by atoms with Crippen molar-refractivity contribution >= 4 is 17.9 Å². The summed E-state index contributed by atoms with van der Waals surface area (Å²) in [5.74, 6) is -0.345. The lowest BCUT2D eigenvalue weighted by atomic mass is 10.0. The van der Waals surface area contributed by atoms with E-state index in [2.05, 4.69) is 16.0 Å². The molecule has 0 aromatic carbocycles. The van der Waals surface area contributed by atoms with Crippen LogP contribution in [0.2, 0.25) is 0 Å². The van der Waals surface area contributed by atoms with Gasteiger partial charge in [-0.15, -0.1) is 0 Å². The van der Waals surface area contributed by atoms with Gasteiger partial charge in [-0.05, 0) is 39.5 Å². The van der Waals surface area contributed by atoms with Crippen LogP contribution in [0.25, 0.3) is 0 Å². The number of carbonyl (C=O) groups is 3. The van der Waals surface area contributed by atoms with Gasteiger partial charge in [0.15, 0.2) is 0 Å². The lowest BCUT2D eigenvalue weighted by Crippen LogP contribution is -2.51. The first-order valence-electron chi connectivity index (χ1n) is 8.04. The molecule has 0 radical (unpaired) electrons. The summed E-state index contributed by atoms with van der Waals surface area (Å²) in [6, 6.07) is -0.639. The number of unbranched alkanes of at least 4 members (excludes halogenated alkanes) is 1. The molecule has 23 heavy (non-hydrogen) atoms. The Hall–Kier alpha value is -1.79. The van der Waals surface area contributed by atoms with Crippen LogP contribution in [0.3, 0.4) is 0 Å². The predicted molar refractivity (Wildman–Crippen MR) is 88.9 cm³/mol. The minimum absolute atomic E-state index is 0.0538. The van der Waals surface area contributed by atoms with Crippen molar-refractivity contribution in [3.63, 3.8) is 0 Å². The minimum Gasteiger partial charge on any atom is -0.444 e. The lowest BCUT2D eigenvalue weighted by Gasteiger charge is -2.25. The van der Waals surface area contributed by atoms with Crippen LogP contribution < -0.4 is 16.0 Å². The molecule has 0 bridgehead atoms. The second kappa shape index (κ2) is 10.1. The lowest BCUT2D eigenvalue weighted by molar-refractivity contribution is -0.124. The Morgan fingerprint density at radius 2 is 1.52 bits per heavy atom. The number of amides is 3. The molecule has 0 fully saturated rings. The average Bonchev–Trinajstić information content (AvgIpc) is 2.37. The summed E-state index contributed by atoms with van der Waals surface area (Å²) >= 11 is 0. The summed E-state index contributed by atoms with van der Waals surface area (Å²) in [4.78, 5) is 34.7. The molecule has 3 N–H and O–H groups in total. The number of alkyl carbamates (subject to hydrolysis) is 1. The normalized spacial score (nSPS) is 12.5. The molecule has 0 rings (SSSR count). The van der Waals surface area contributed by atoms with Crippen LogP contribution in [-0.2, 0) is 14.3 Å². The zero-order valence-corrected chi connectivity index (χ0v) is 15.1. The third kappa shape index (κ3) is 11.4. The summed E-state index contributed by atoms with van der Waals surface area (Å²) in [6.07, 6.45) is 0.937. The number of carbonyl (C=O) groups excluding carboxylic acids is 3. The van der Waals surface area contributed by atoms with Gasteiger partial charge in [-0.3, -0.25) is 9.59 Å². The standard InChI is InChI=1S/C16H31N3O4/c1-11(2)13(19-15(22)23-16(4,5)6)14(21)18-10-8-7-9-17-12(3)20/h11,13H,7-10H2,1-6H3,(H,17,20)(H,18,21)(H,19,22). The van der Waals surface area contributed by atoms with Crippen molar-refractivity contribution in [1.29, 1.82) is 0 Å². The van der Waals surface area contributed by atoms with E-state index in [4.69, 9.17) is 4.74 Å². The Morgan fingerprint density at radius 1 is 1.00 bits per heavy atom. The smallest absolute Gasteiger partial charge is 0.408 e. The van der Waals surface area contributed by atoms with Crippen molar-refractivity contribution in [2.45, 2.75) is 66.0 Å². The van der Waals surface area contributed by atoms with Crippen LogP contribution in [0.5, 0.6) is 0 Å². The summed E-state index contributed by atoms with van der Waals surface area (Å²) in [5.41, 5.74) is -0.605. The van der Waals surface area contributed by atoms with Crippen LogP contribution in [0.4, 0.5) is 4.79 Å². The van der Waals surface area contributed by atoms with E-state index in [0.717, 1.165) is 12.8 Å². The van der Waals surface area contributed by atoms with E-state index in [1.54, 1.807) is 20.8 Å². The van der Waals surface area contributed by atoms with Crippen LogP contribution in [0, 0.1) is 5.92 Å². The molecule has 1 atom stereocenters. The van der Waals surface area contributed by atoms with Crippen LogP contribution >= 0.6 is 0 Å². The topological polar surface area (TPSA) is 96.5 Å². The number of hydrogen-bond acceptors (Lipinski definition) is 4. The van der Waals surface area contributed by atoms with Gasteiger partial charge >= 0.3 is 6.09 Å². The second-order valence-electron chi connectivity index (χ2n) is 6.85. The molecule has 0 heterocycles. The van der Waals surface area contributed by atoms with E-state index in [-0.39, 0.29) is 17.7 Å². The zero-order chi connectivity index (χ0) is 18.0. The van der Waals surface area contributed by atoms with Gasteiger partial charge < -0.3 is 20.7 Å².